The Balaban J connectivity index is 2.26. The molecular weight excluding hydrogens is 312 g/mol. The standard InChI is InChI=1S/C12H18N4O5S/c1-3-21-12(18)10-7(2)14-15-11(10)16-5-8(4-9(16)17)6-22(13,19)20/h8H,3-6H2,1-2H3,(H,14,15)(H2,13,19,20). The smallest absolute Gasteiger partial charge is 0.343 e. The number of rotatable bonds is 5. The van der Waals surface area contributed by atoms with Gasteiger partial charge in [-0.25, -0.2) is 18.4 Å². The van der Waals surface area contributed by atoms with Gasteiger partial charge in [-0.15, -0.1) is 0 Å². The number of carbonyl (C=O) groups is 2. The Morgan fingerprint density at radius 3 is 2.82 bits per heavy atom. The van der Waals surface area contributed by atoms with Gasteiger partial charge >= 0.3 is 5.97 Å². The highest BCUT2D eigenvalue weighted by Crippen LogP contribution is 2.28. The van der Waals surface area contributed by atoms with E-state index >= 15 is 0 Å². The zero-order valence-corrected chi connectivity index (χ0v) is 13.1. The highest BCUT2D eigenvalue weighted by atomic mass is 32.2. The number of aromatic amines is 1. The van der Waals surface area contributed by atoms with Gasteiger partial charge in [0.15, 0.2) is 5.82 Å². The zero-order chi connectivity index (χ0) is 16.5. The number of hydrogen-bond acceptors (Lipinski definition) is 6. The van der Waals surface area contributed by atoms with Crippen molar-refractivity contribution in [1.29, 1.82) is 0 Å². The molecule has 10 heteroatoms. The quantitative estimate of drug-likeness (QED) is 0.701. The van der Waals surface area contributed by atoms with Crippen molar-refractivity contribution >= 4 is 27.7 Å². The topological polar surface area (TPSA) is 135 Å². The van der Waals surface area contributed by atoms with Gasteiger partial charge in [0.2, 0.25) is 15.9 Å². The number of H-pyrrole nitrogens is 1. The number of aromatic nitrogens is 2. The summed E-state index contributed by atoms with van der Waals surface area (Å²) in [5.74, 6) is -1.42. The minimum Gasteiger partial charge on any atom is -0.462 e. The van der Waals surface area contributed by atoms with E-state index in [4.69, 9.17) is 9.88 Å². The van der Waals surface area contributed by atoms with Crippen LogP contribution in [0.3, 0.4) is 0 Å². The molecule has 2 heterocycles. The molecule has 1 saturated heterocycles. The lowest BCUT2D eigenvalue weighted by Crippen LogP contribution is -2.29. The minimum absolute atomic E-state index is 0.0462. The predicted octanol–water partition coefficient (Wildman–Crippen LogP) is -0.464. The van der Waals surface area contributed by atoms with Crippen LogP contribution < -0.4 is 10.0 Å². The molecule has 0 radical (unpaired) electrons. The van der Waals surface area contributed by atoms with Crippen molar-refractivity contribution in [3.63, 3.8) is 0 Å². The molecule has 1 aromatic rings. The van der Waals surface area contributed by atoms with Crippen molar-refractivity contribution in [1.82, 2.24) is 10.2 Å². The van der Waals surface area contributed by atoms with Crippen LogP contribution in [0.5, 0.6) is 0 Å². The number of nitrogens with two attached hydrogens (primary N) is 1. The normalized spacial score (nSPS) is 18.8. The van der Waals surface area contributed by atoms with E-state index in [1.54, 1.807) is 13.8 Å². The van der Waals surface area contributed by atoms with E-state index < -0.39 is 21.9 Å². The minimum atomic E-state index is -3.67. The molecule has 2 rings (SSSR count). The van der Waals surface area contributed by atoms with E-state index in [0.717, 1.165) is 0 Å². The number of anilines is 1. The van der Waals surface area contributed by atoms with E-state index in [9.17, 15) is 18.0 Å². The largest absolute Gasteiger partial charge is 0.462 e. The SMILES string of the molecule is CCOC(=O)c1c(N2CC(CS(N)(=O)=O)CC2=O)n[nH]c1C. The number of hydrogen-bond donors (Lipinski definition) is 2. The Labute approximate surface area is 127 Å². The summed E-state index contributed by atoms with van der Waals surface area (Å²) in [7, 11) is -3.67. The van der Waals surface area contributed by atoms with Gasteiger partial charge in [-0.1, -0.05) is 0 Å². The van der Waals surface area contributed by atoms with Crippen molar-refractivity contribution < 1.29 is 22.7 Å². The first-order valence-electron chi connectivity index (χ1n) is 6.75. The van der Waals surface area contributed by atoms with Gasteiger partial charge in [-0.3, -0.25) is 14.8 Å². The monoisotopic (exact) mass is 330 g/mol. The molecular formula is C12H18N4O5S. The number of nitrogens with zero attached hydrogens (tertiary/aromatic N) is 2. The lowest BCUT2D eigenvalue weighted by molar-refractivity contribution is -0.117. The number of ether oxygens (including phenoxy) is 1. The molecule has 22 heavy (non-hydrogen) atoms. The van der Waals surface area contributed by atoms with E-state index in [1.165, 1.54) is 4.90 Å². The fourth-order valence-corrected chi connectivity index (χ4v) is 3.37. The van der Waals surface area contributed by atoms with Gasteiger partial charge in [0, 0.05) is 24.6 Å². The van der Waals surface area contributed by atoms with Gasteiger partial charge in [-0.05, 0) is 13.8 Å². The third-order valence-electron chi connectivity index (χ3n) is 3.34. The first-order valence-corrected chi connectivity index (χ1v) is 8.47. The number of primary sulfonamides is 1. The Bertz CT molecular complexity index is 696. The first kappa shape index (κ1) is 16.4. The van der Waals surface area contributed by atoms with Crippen LogP contribution in [0.25, 0.3) is 0 Å². The molecule has 1 aliphatic heterocycles. The maximum atomic E-state index is 12.1. The number of aryl methyl sites for hydroxylation is 1. The third-order valence-corrected chi connectivity index (χ3v) is 4.27. The highest BCUT2D eigenvalue weighted by Gasteiger charge is 2.36. The van der Waals surface area contributed by atoms with Crippen LogP contribution in [0.2, 0.25) is 0 Å². The molecule has 1 fully saturated rings. The molecule has 9 nitrogen and oxygen atoms in total. The van der Waals surface area contributed by atoms with Crippen molar-refractivity contribution in [2.45, 2.75) is 20.3 Å². The number of esters is 1. The number of carbonyl (C=O) groups excluding carboxylic acids is 2. The Hall–Kier alpha value is -1.94. The molecule has 1 aliphatic rings. The Kier molecular flexibility index (Phi) is 4.52. The van der Waals surface area contributed by atoms with Crippen LogP contribution in [0.15, 0.2) is 0 Å². The van der Waals surface area contributed by atoms with Crippen LogP contribution in [0.1, 0.15) is 29.4 Å². The maximum absolute atomic E-state index is 12.1. The van der Waals surface area contributed by atoms with E-state index in [-0.39, 0.29) is 42.6 Å². The van der Waals surface area contributed by atoms with Crippen LogP contribution in [0.4, 0.5) is 5.82 Å². The third kappa shape index (κ3) is 3.45. The molecule has 3 N–H and O–H groups in total. The molecule has 0 spiro atoms. The molecule has 1 amide bonds. The average molecular weight is 330 g/mol. The van der Waals surface area contributed by atoms with Crippen molar-refractivity contribution in [3.8, 4) is 0 Å². The van der Waals surface area contributed by atoms with Gasteiger partial charge in [-0.2, -0.15) is 5.10 Å². The number of nitrogens with one attached hydrogen (secondary N) is 1. The van der Waals surface area contributed by atoms with Crippen molar-refractivity contribution in [2.24, 2.45) is 11.1 Å². The predicted molar refractivity (Wildman–Crippen MR) is 77.7 cm³/mol. The molecule has 1 aromatic heterocycles. The summed E-state index contributed by atoms with van der Waals surface area (Å²) in [6.45, 7) is 3.66. The fourth-order valence-electron chi connectivity index (χ4n) is 2.49. The van der Waals surface area contributed by atoms with Gasteiger partial charge < -0.3 is 4.74 Å². The van der Waals surface area contributed by atoms with E-state index in [0.29, 0.717) is 5.69 Å². The summed E-state index contributed by atoms with van der Waals surface area (Å²) < 4.78 is 27.3. The molecule has 0 aliphatic carbocycles. The van der Waals surface area contributed by atoms with Crippen LogP contribution in [0, 0.1) is 12.8 Å². The van der Waals surface area contributed by atoms with Crippen molar-refractivity contribution in [3.05, 3.63) is 11.3 Å². The van der Waals surface area contributed by atoms with Gasteiger partial charge in [0.25, 0.3) is 0 Å². The molecule has 122 valence electrons. The second-order valence-corrected chi connectivity index (χ2v) is 6.83. The van der Waals surface area contributed by atoms with E-state index in [2.05, 4.69) is 10.2 Å². The molecule has 0 saturated carbocycles. The van der Waals surface area contributed by atoms with Gasteiger partial charge in [0.05, 0.1) is 12.4 Å². The molecule has 1 unspecified atom stereocenters. The van der Waals surface area contributed by atoms with E-state index in [1.807, 2.05) is 0 Å². The lowest BCUT2D eigenvalue weighted by Gasteiger charge is -2.15. The second kappa shape index (κ2) is 6.05. The Morgan fingerprint density at radius 2 is 2.23 bits per heavy atom. The summed E-state index contributed by atoms with van der Waals surface area (Å²) >= 11 is 0. The van der Waals surface area contributed by atoms with Gasteiger partial charge in [0.1, 0.15) is 5.56 Å². The maximum Gasteiger partial charge on any atom is 0.343 e. The van der Waals surface area contributed by atoms with Crippen LogP contribution in [-0.4, -0.2) is 49.4 Å². The summed E-state index contributed by atoms with van der Waals surface area (Å²) in [6.07, 6.45) is 0.0462. The number of sulfonamides is 1. The Morgan fingerprint density at radius 1 is 1.55 bits per heavy atom. The number of amides is 1. The lowest BCUT2D eigenvalue weighted by atomic mass is 10.1. The molecule has 0 aromatic carbocycles. The summed E-state index contributed by atoms with van der Waals surface area (Å²) in [4.78, 5) is 25.4. The molecule has 0 bridgehead atoms. The average Bonchev–Trinajstić information content (AvgIpc) is 2.90. The summed E-state index contributed by atoms with van der Waals surface area (Å²) in [5, 5.41) is 11.6. The zero-order valence-electron chi connectivity index (χ0n) is 12.3. The first-order chi connectivity index (χ1) is 10.2. The van der Waals surface area contributed by atoms with Crippen LogP contribution in [-0.2, 0) is 19.6 Å². The van der Waals surface area contributed by atoms with Crippen LogP contribution >= 0.6 is 0 Å². The summed E-state index contributed by atoms with van der Waals surface area (Å²) in [5.41, 5.74) is 0.669. The van der Waals surface area contributed by atoms with Crippen molar-refractivity contribution in [2.75, 3.05) is 23.8 Å². The molecule has 1 atom stereocenters. The fraction of sp³-hybridized carbons (Fsp3) is 0.583. The second-order valence-electron chi connectivity index (χ2n) is 5.17. The highest BCUT2D eigenvalue weighted by molar-refractivity contribution is 7.89. The summed E-state index contributed by atoms with van der Waals surface area (Å²) in [6, 6.07) is 0.